The number of piperazine rings is 1. The number of nitrogens with one attached hydrogen (secondary N) is 1. The van der Waals surface area contributed by atoms with Crippen LogP contribution in [0.3, 0.4) is 0 Å². The molecule has 1 aliphatic rings. The molecule has 0 amide bonds. The first-order valence-electron chi connectivity index (χ1n) is 4.57. The van der Waals surface area contributed by atoms with Crippen molar-refractivity contribution in [3.8, 4) is 0 Å². The van der Waals surface area contributed by atoms with E-state index in [9.17, 15) is 0 Å². The summed E-state index contributed by atoms with van der Waals surface area (Å²) in [6.07, 6.45) is 0. The molecular weight excluding hydrogens is 168 g/mol. The Morgan fingerprint density at radius 2 is 2.23 bits per heavy atom. The standard InChI is InChI=1S/C8H14N4O/c1-7-8(10-11-13-7)6-12-4-2-9-3-5-12/h9H,2-6H2,1H3. The number of nitrogens with zero attached hydrogens (tertiary/aromatic N) is 3. The fraction of sp³-hybridized carbons (Fsp3) is 0.750. The van der Waals surface area contributed by atoms with Gasteiger partial charge in [0.2, 0.25) is 0 Å². The fourth-order valence-electron chi connectivity index (χ4n) is 1.48. The van der Waals surface area contributed by atoms with Crippen LogP contribution in [0.15, 0.2) is 4.52 Å². The van der Waals surface area contributed by atoms with E-state index in [0.29, 0.717) is 0 Å². The number of hydrogen-bond donors (Lipinski definition) is 1. The number of rotatable bonds is 2. The van der Waals surface area contributed by atoms with Gasteiger partial charge in [-0.3, -0.25) is 4.90 Å². The maximum Gasteiger partial charge on any atom is 0.158 e. The molecule has 13 heavy (non-hydrogen) atoms. The van der Waals surface area contributed by atoms with Gasteiger partial charge in [-0.2, -0.15) is 0 Å². The van der Waals surface area contributed by atoms with E-state index >= 15 is 0 Å². The second-order valence-corrected chi connectivity index (χ2v) is 3.30. The van der Waals surface area contributed by atoms with Crippen molar-refractivity contribution in [1.29, 1.82) is 0 Å². The summed E-state index contributed by atoms with van der Waals surface area (Å²) in [4.78, 5) is 2.35. The van der Waals surface area contributed by atoms with Crippen LogP contribution < -0.4 is 5.32 Å². The summed E-state index contributed by atoms with van der Waals surface area (Å²) in [5.74, 6) is 0.832. The molecule has 2 heterocycles. The van der Waals surface area contributed by atoms with E-state index in [1.807, 2.05) is 6.92 Å². The average molecular weight is 182 g/mol. The average Bonchev–Trinajstić information content (AvgIpc) is 2.54. The van der Waals surface area contributed by atoms with Crippen molar-refractivity contribution in [1.82, 2.24) is 20.6 Å². The summed E-state index contributed by atoms with van der Waals surface area (Å²) in [6.45, 7) is 7.03. The van der Waals surface area contributed by atoms with Gasteiger partial charge < -0.3 is 9.84 Å². The Morgan fingerprint density at radius 3 is 2.85 bits per heavy atom. The third-order valence-corrected chi connectivity index (χ3v) is 2.33. The van der Waals surface area contributed by atoms with E-state index in [2.05, 4.69) is 20.6 Å². The Kier molecular flexibility index (Phi) is 2.56. The van der Waals surface area contributed by atoms with Gasteiger partial charge >= 0.3 is 0 Å². The predicted octanol–water partition coefficient (Wildman–Crippen LogP) is -0.217. The van der Waals surface area contributed by atoms with Crippen molar-refractivity contribution in [2.24, 2.45) is 0 Å². The summed E-state index contributed by atoms with van der Waals surface area (Å²) in [5.41, 5.74) is 0.960. The largest absolute Gasteiger partial charge is 0.342 e. The third-order valence-electron chi connectivity index (χ3n) is 2.33. The fourth-order valence-corrected chi connectivity index (χ4v) is 1.48. The molecule has 1 aromatic rings. The zero-order valence-electron chi connectivity index (χ0n) is 7.79. The predicted molar refractivity (Wildman–Crippen MR) is 47.2 cm³/mol. The van der Waals surface area contributed by atoms with Crippen LogP contribution in [0, 0.1) is 6.92 Å². The van der Waals surface area contributed by atoms with Gasteiger partial charge in [-0.05, 0) is 6.92 Å². The minimum absolute atomic E-state index is 0.832. The molecule has 0 atom stereocenters. The van der Waals surface area contributed by atoms with Gasteiger partial charge in [0.1, 0.15) is 5.69 Å². The first-order valence-corrected chi connectivity index (χ1v) is 4.57. The Balaban J connectivity index is 1.93. The molecule has 1 saturated heterocycles. The highest BCUT2D eigenvalue weighted by molar-refractivity contribution is 5.02. The second-order valence-electron chi connectivity index (χ2n) is 3.30. The highest BCUT2D eigenvalue weighted by atomic mass is 16.5. The normalized spacial score (nSPS) is 19.2. The van der Waals surface area contributed by atoms with Crippen LogP contribution in [-0.4, -0.2) is 41.4 Å². The highest BCUT2D eigenvalue weighted by Crippen LogP contribution is 2.06. The van der Waals surface area contributed by atoms with Gasteiger partial charge in [-0.1, -0.05) is 0 Å². The van der Waals surface area contributed by atoms with Gasteiger partial charge in [0.05, 0.1) is 0 Å². The lowest BCUT2D eigenvalue weighted by Gasteiger charge is -2.26. The summed E-state index contributed by atoms with van der Waals surface area (Å²) < 4.78 is 4.90. The van der Waals surface area contributed by atoms with Gasteiger partial charge in [0.15, 0.2) is 5.76 Å². The van der Waals surface area contributed by atoms with Crippen molar-refractivity contribution < 1.29 is 4.52 Å². The van der Waals surface area contributed by atoms with Crippen LogP contribution in [0.1, 0.15) is 11.5 Å². The van der Waals surface area contributed by atoms with E-state index in [0.717, 1.165) is 44.2 Å². The third kappa shape index (κ3) is 2.05. The molecule has 0 aromatic carbocycles. The molecule has 5 heteroatoms. The molecule has 0 radical (unpaired) electrons. The molecule has 72 valence electrons. The van der Waals surface area contributed by atoms with Crippen LogP contribution >= 0.6 is 0 Å². The monoisotopic (exact) mass is 182 g/mol. The van der Waals surface area contributed by atoms with Crippen LogP contribution in [0.4, 0.5) is 0 Å². The maximum atomic E-state index is 4.90. The second kappa shape index (κ2) is 3.85. The Bertz CT molecular complexity index is 267. The summed E-state index contributed by atoms with van der Waals surface area (Å²) in [5, 5.41) is 10.8. The van der Waals surface area contributed by atoms with Crippen LogP contribution in [0.25, 0.3) is 0 Å². The molecule has 0 aliphatic carbocycles. The lowest BCUT2D eigenvalue weighted by atomic mass is 10.3. The highest BCUT2D eigenvalue weighted by Gasteiger charge is 2.13. The first kappa shape index (κ1) is 8.65. The molecule has 0 unspecified atom stereocenters. The van der Waals surface area contributed by atoms with Gasteiger partial charge in [-0.25, -0.2) is 0 Å². The summed E-state index contributed by atoms with van der Waals surface area (Å²) in [7, 11) is 0. The van der Waals surface area contributed by atoms with Crippen molar-refractivity contribution in [2.45, 2.75) is 13.5 Å². The van der Waals surface area contributed by atoms with E-state index < -0.39 is 0 Å². The molecule has 1 aliphatic heterocycles. The maximum absolute atomic E-state index is 4.90. The van der Waals surface area contributed by atoms with Crippen molar-refractivity contribution in [2.75, 3.05) is 26.2 Å². The van der Waals surface area contributed by atoms with Crippen molar-refractivity contribution in [3.05, 3.63) is 11.5 Å². The minimum Gasteiger partial charge on any atom is -0.342 e. The van der Waals surface area contributed by atoms with E-state index in [-0.39, 0.29) is 0 Å². The zero-order chi connectivity index (χ0) is 9.10. The van der Waals surface area contributed by atoms with Crippen LogP contribution in [-0.2, 0) is 6.54 Å². The van der Waals surface area contributed by atoms with Gasteiger partial charge in [0.25, 0.3) is 0 Å². The smallest absolute Gasteiger partial charge is 0.158 e. The molecule has 0 saturated carbocycles. The molecule has 2 rings (SSSR count). The quantitative estimate of drug-likeness (QED) is 0.685. The topological polar surface area (TPSA) is 54.2 Å². The van der Waals surface area contributed by atoms with Gasteiger partial charge in [0, 0.05) is 38.0 Å². The lowest BCUT2D eigenvalue weighted by molar-refractivity contribution is 0.230. The van der Waals surface area contributed by atoms with Gasteiger partial charge in [-0.15, -0.1) is 5.10 Å². The molecular formula is C8H14N4O. The van der Waals surface area contributed by atoms with Crippen molar-refractivity contribution >= 4 is 0 Å². The summed E-state index contributed by atoms with van der Waals surface area (Å²) in [6, 6.07) is 0. The molecule has 1 aromatic heterocycles. The van der Waals surface area contributed by atoms with Crippen LogP contribution in [0.5, 0.6) is 0 Å². The van der Waals surface area contributed by atoms with E-state index in [4.69, 9.17) is 4.52 Å². The Hall–Kier alpha value is -0.940. The lowest BCUT2D eigenvalue weighted by Crippen LogP contribution is -2.43. The zero-order valence-corrected chi connectivity index (χ0v) is 7.79. The Morgan fingerprint density at radius 1 is 1.46 bits per heavy atom. The molecule has 1 N–H and O–H groups in total. The molecule has 5 nitrogen and oxygen atoms in total. The van der Waals surface area contributed by atoms with E-state index in [1.54, 1.807) is 0 Å². The number of aromatic nitrogens is 2. The number of hydrogen-bond acceptors (Lipinski definition) is 5. The summed E-state index contributed by atoms with van der Waals surface area (Å²) >= 11 is 0. The minimum atomic E-state index is 0.832. The molecule has 1 fully saturated rings. The number of aryl methyl sites for hydroxylation is 1. The Labute approximate surface area is 77.1 Å². The van der Waals surface area contributed by atoms with Crippen LogP contribution in [0.2, 0.25) is 0 Å². The molecule has 0 bridgehead atoms. The SMILES string of the molecule is Cc1onnc1CN1CCNCC1. The first-order chi connectivity index (χ1) is 6.36. The van der Waals surface area contributed by atoms with Crippen molar-refractivity contribution in [3.63, 3.8) is 0 Å². The van der Waals surface area contributed by atoms with E-state index in [1.165, 1.54) is 0 Å². The molecule has 0 spiro atoms.